The lowest BCUT2D eigenvalue weighted by Crippen LogP contribution is -2.40. The molecule has 0 aromatic heterocycles. The monoisotopic (exact) mass is 285 g/mol. The van der Waals surface area contributed by atoms with Gasteiger partial charge >= 0.3 is 0 Å². The predicted octanol–water partition coefficient (Wildman–Crippen LogP) is 0.340. The van der Waals surface area contributed by atoms with Crippen LogP contribution in [-0.2, 0) is 16.4 Å². The minimum absolute atomic E-state index is 0.142. The molecule has 1 heterocycles. The van der Waals surface area contributed by atoms with Crippen LogP contribution in [0.15, 0.2) is 18.2 Å². The molecule has 0 aliphatic carbocycles. The van der Waals surface area contributed by atoms with Crippen LogP contribution in [0.2, 0.25) is 0 Å². The second kappa shape index (κ2) is 5.26. The summed E-state index contributed by atoms with van der Waals surface area (Å²) in [6.07, 6.45) is 0. The zero-order valence-corrected chi connectivity index (χ0v) is 11.2. The van der Waals surface area contributed by atoms with Crippen molar-refractivity contribution in [1.82, 2.24) is 4.90 Å². The van der Waals surface area contributed by atoms with Crippen LogP contribution in [0.1, 0.15) is 11.1 Å². The first-order chi connectivity index (χ1) is 8.87. The lowest BCUT2D eigenvalue weighted by molar-refractivity contribution is 0.287. The Morgan fingerprint density at radius 1 is 1.37 bits per heavy atom. The average Bonchev–Trinajstić information content (AvgIpc) is 2.33. The molecule has 1 aliphatic heterocycles. The molecule has 0 spiro atoms. The topological polar surface area (TPSA) is 87.2 Å². The Bertz CT molecular complexity index is 587. The Kier molecular flexibility index (Phi) is 3.86. The van der Waals surface area contributed by atoms with Gasteiger partial charge in [0.05, 0.1) is 11.5 Å². The highest BCUT2D eigenvalue weighted by molar-refractivity contribution is 7.91. The maximum Gasteiger partial charge on any atom is 0.152 e. The van der Waals surface area contributed by atoms with Crippen LogP contribution < -0.4 is 5.73 Å². The van der Waals surface area contributed by atoms with E-state index in [-0.39, 0.29) is 17.3 Å². The maximum absolute atomic E-state index is 13.1. The van der Waals surface area contributed by atoms with Crippen molar-refractivity contribution in [1.29, 1.82) is 5.41 Å². The minimum atomic E-state index is -2.91. The van der Waals surface area contributed by atoms with Crippen molar-refractivity contribution in [3.63, 3.8) is 0 Å². The molecule has 1 saturated heterocycles. The molecule has 0 radical (unpaired) electrons. The second-order valence-electron chi connectivity index (χ2n) is 4.64. The van der Waals surface area contributed by atoms with Crippen LogP contribution in [0.25, 0.3) is 0 Å². The number of sulfone groups is 1. The number of hydrogen-bond donors (Lipinski definition) is 2. The predicted molar refractivity (Wildman–Crippen MR) is 71.3 cm³/mol. The SMILES string of the molecule is N=C(N)c1cc(F)ccc1CN1CCS(=O)(=O)CC1. The van der Waals surface area contributed by atoms with Crippen LogP contribution in [0, 0.1) is 11.2 Å². The van der Waals surface area contributed by atoms with Gasteiger partial charge in [-0.3, -0.25) is 10.3 Å². The number of nitrogens with zero attached hydrogens (tertiary/aromatic N) is 1. The van der Waals surface area contributed by atoms with E-state index in [0.717, 1.165) is 5.56 Å². The number of benzene rings is 1. The van der Waals surface area contributed by atoms with Crippen molar-refractivity contribution in [2.45, 2.75) is 6.54 Å². The zero-order chi connectivity index (χ0) is 14.0. The summed E-state index contributed by atoms with van der Waals surface area (Å²) >= 11 is 0. The fourth-order valence-corrected chi connectivity index (χ4v) is 3.36. The van der Waals surface area contributed by atoms with E-state index in [0.29, 0.717) is 25.2 Å². The van der Waals surface area contributed by atoms with Gasteiger partial charge in [0.25, 0.3) is 0 Å². The Morgan fingerprint density at radius 3 is 2.58 bits per heavy atom. The van der Waals surface area contributed by atoms with E-state index in [1.54, 1.807) is 6.07 Å². The fraction of sp³-hybridized carbons (Fsp3) is 0.417. The van der Waals surface area contributed by atoms with Gasteiger partial charge in [0.15, 0.2) is 9.84 Å². The van der Waals surface area contributed by atoms with Gasteiger partial charge in [-0.25, -0.2) is 12.8 Å². The summed E-state index contributed by atoms with van der Waals surface area (Å²) in [6, 6.07) is 4.15. The molecule has 0 saturated carbocycles. The molecule has 0 amide bonds. The molecule has 1 aliphatic rings. The Labute approximate surface area is 111 Å². The first-order valence-corrected chi connectivity index (χ1v) is 7.75. The zero-order valence-electron chi connectivity index (χ0n) is 10.4. The van der Waals surface area contributed by atoms with Crippen LogP contribution in [-0.4, -0.2) is 43.7 Å². The normalized spacial score (nSPS) is 19.2. The van der Waals surface area contributed by atoms with Crippen LogP contribution in [0.4, 0.5) is 4.39 Å². The molecule has 5 nitrogen and oxygen atoms in total. The smallest absolute Gasteiger partial charge is 0.152 e. The molecular weight excluding hydrogens is 269 g/mol. The van der Waals surface area contributed by atoms with Crippen LogP contribution in [0.5, 0.6) is 0 Å². The van der Waals surface area contributed by atoms with E-state index in [2.05, 4.69) is 0 Å². The van der Waals surface area contributed by atoms with E-state index >= 15 is 0 Å². The van der Waals surface area contributed by atoms with Gasteiger partial charge in [-0.1, -0.05) is 6.07 Å². The van der Waals surface area contributed by atoms with Gasteiger partial charge < -0.3 is 5.73 Å². The number of nitrogens with one attached hydrogen (secondary N) is 1. The van der Waals surface area contributed by atoms with Crippen molar-refractivity contribution in [3.05, 3.63) is 35.1 Å². The lowest BCUT2D eigenvalue weighted by atomic mass is 10.1. The van der Waals surface area contributed by atoms with Gasteiger partial charge in [-0.15, -0.1) is 0 Å². The molecule has 7 heteroatoms. The highest BCUT2D eigenvalue weighted by Gasteiger charge is 2.22. The van der Waals surface area contributed by atoms with Crippen molar-refractivity contribution < 1.29 is 12.8 Å². The summed E-state index contributed by atoms with van der Waals surface area (Å²) in [7, 11) is -2.91. The second-order valence-corrected chi connectivity index (χ2v) is 6.95. The molecule has 0 bridgehead atoms. The summed E-state index contributed by atoms with van der Waals surface area (Å²) in [5, 5.41) is 7.45. The number of halogens is 1. The fourth-order valence-electron chi connectivity index (χ4n) is 2.09. The highest BCUT2D eigenvalue weighted by Crippen LogP contribution is 2.15. The van der Waals surface area contributed by atoms with E-state index in [9.17, 15) is 12.8 Å². The van der Waals surface area contributed by atoms with Crippen molar-refractivity contribution in [2.75, 3.05) is 24.6 Å². The van der Waals surface area contributed by atoms with Gasteiger partial charge in [0.2, 0.25) is 0 Å². The first kappa shape index (κ1) is 14.0. The lowest BCUT2D eigenvalue weighted by Gasteiger charge is -2.27. The molecule has 1 fully saturated rings. The third-order valence-electron chi connectivity index (χ3n) is 3.19. The summed E-state index contributed by atoms with van der Waals surface area (Å²) in [4.78, 5) is 1.97. The molecule has 1 aromatic rings. The maximum atomic E-state index is 13.1. The Balaban J connectivity index is 2.14. The third-order valence-corrected chi connectivity index (χ3v) is 4.80. The van der Waals surface area contributed by atoms with E-state index < -0.39 is 15.7 Å². The van der Waals surface area contributed by atoms with Gasteiger partial charge in [0.1, 0.15) is 11.7 Å². The highest BCUT2D eigenvalue weighted by atomic mass is 32.2. The largest absolute Gasteiger partial charge is 0.384 e. The quantitative estimate of drug-likeness (QED) is 0.619. The number of hydrogen-bond acceptors (Lipinski definition) is 4. The van der Waals surface area contributed by atoms with Crippen LogP contribution in [0.3, 0.4) is 0 Å². The molecule has 1 aromatic carbocycles. The number of rotatable bonds is 3. The van der Waals surface area contributed by atoms with Gasteiger partial charge in [-0.05, 0) is 17.7 Å². The molecule has 104 valence electrons. The van der Waals surface area contributed by atoms with E-state index in [1.807, 2.05) is 4.90 Å². The molecule has 0 unspecified atom stereocenters. The van der Waals surface area contributed by atoms with E-state index in [4.69, 9.17) is 11.1 Å². The van der Waals surface area contributed by atoms with Crippen molar-refractivity contribution >= 4 is 15.7 Å². The third kappa shape index (κ3) is 3.51. The average molecular weight is 285 g/mol. The number of nitrogen functional groups attached to an aromatic ring is 1. The molecule has 2 rings (SSSR count). The van der Waals surface area contributed by atoms with Crippen molar-refractivity contribution in [3.8, 4) is 0 Å². The first-order valence-electron chi connectivity index (χ1n) is 5.93. The summed E-state index contributed by atoms with van der Waals surface area (Å²) in [5.41, 5.74) is 6.55. The van der Waals surface area contributed by atoms with Crippen molar-refractivity contribution in [2.24, 2.45) is 5.73 Å². The molecule has 0 atom stereocenters. The summed E-state index contributed by atoms with van der Waals surface area (Å²) in [6.45, 7) is 1.39. The molecular formula is C12H16FN3O2S. The van der Waals surface area contributed by atoms with E-state index in [1.165, 1.54) is 12.1 Å². The Morgan fingerprint density at radius 2 is 2.00 bits per heavy atom. The molecule has 3 N–H and O–H groups in total. The number of nitrogens with two attached hydrogens (primary N) is 1. The molecule has 19 heavy (non-hydrogen) atoms. The van der Waals surface area contributed by atoms with Gasteiger partial charge in [0, 0.05) is 25.2 Å². The van der Waals surface area contributed by atoms with Gasteiger partial charge in [-0.2, -0.15) is 0 Å². The standard InChI is InChI=1S/C12H16FN3O2S/c13-10-2-1-9(11(7-10)12(14)15)8-16-3-5-19(17,18)6-4-16/h1-2,7H,3-6,8H2,(H3,14,15). The summed E-state index contributed by atoms with van der Waals surface area (Å²) < 4.78 is 35.8. The van der Waals surface area contributed by atoms with Crippen LogP contribution >= 0.6 is 0 Å². The summed E-state index contributed by atoms with van der Waals surface area (Å²) in [5.74, 6) is -0.331. The Hall–Kier alpha value is -1.47. The number of amidine groups is 1. The minimum Gasteiger partial charge on any atom is -0.384 e.